The second kappa shape index (κ2) is 12.6. The van der Waals surface area contributed by atoms with Gasteiger partial charge in [-0.2, -0.15) is 11.3 Å². The first-order valence-electron chi connectivity index (χ1n) is 8.87. The average molecular weight is 508 g/mol. The summed E-state index contributed by atoms with van der Waals surface area (Å²) < 4.78 is 0. The van der Waals surface area contributed by atoms with Gasteiger partial charge in [-0.05, 0) is 49.3 Å². The van der Waals surface area contributed by atoms with Gasteiger partial charge in [-0.15, -0.1) is 35.3 Å². The molecule has 0 saturated carbocycles. The number of aromatic nitrogens is 1. The Labute approximate surface area is 182 Å². The molecule has 2 aromatic rings. The first-order valence-corrected chi connectivity index (χ1v) is 10.6. The lowest BCUT2D eigenvalue weighted by Crippen LogP contribution is -2.43. The fourth-order valence-electron chi connectivity index (χ4n) is 2.74. The van der Waals surface area contributed by atoms with Crippen molar-refractivity contribution in [3.63, 3.8) is 0 Å². The van der Waals surface area contributed by atoms with E-state index in [-0.39, 0.29) is 24.0 Å². The number of nitrogens with one attached hydrogen (secondary N) is 2. The molecule has 0 bridgehead atoms. The van der Waals surface area contributed by atoms with E-state index in [2.05, 4.69) is 70.0 Å². The maximum Gasteiger partial charge on any atom is 0.191 e. The highest BCUT2D eigenvalue weighted by Gasteiger charge is 2.18. The quantitative estimate of drug-likeness (QED) is 0.303. The highest BCUT2D eigenvalue weighted by molar-refractivity contribution is 14.0. The van der Waals surface area contributed by atoms with Crippen molar-refractivity contribution < 1.29 is 0 Å². The van der Waals surface area contributed by atoms with E-state index in [1.54, 1.807) is 22.7 Å². The number of aryl methyl sites for hydroxylation is 1. The van der Waals surface area contributed by atoms with E-state index in [0.717, 1.165) is 37.1 Å². The molecule has 1 atom stereocenters. The maximum absolute atomic E-state index is 4.69. The monoisotopic (exact) mass is 507 g/mol. The van der Waals surface area contributed by atoms with Crippen LogP contribution in [0.3, 0.4) is 0 Å². The Balaban J connectivity index is 0.00000338. The van der Waals surface area contributed by atoms with Crippen molar-refractivity contribution in [1.29, 1.82) is 0 Å². The topological polar surface area (TPSA) is 52.6 Å². The van der Waals surface area contributed by atoms with Gasteiger partial charge in [-0.25, -0.2) is 9.98 Å². The van der Waals surface area contributed by atoms with Gasteiger partial charge in [0, 0.05) is 24.2 Å². The summed E-state index contributed by atoms with van der Waals surface area (Å²) >= 11 is 3.46. The smallest absolute Gasteiger partial charge is 0.191 e. The molecule has 0 amide bonds. The van der Waals surface area contributed by atoms with Gasteiger partial charge < -0.3 is 10.6 Å². The fourth-order valence-corrected chi connectivity index (χ4v) is 4.16. The molecule has 0 aliphatic carbocycles. The zero-order chi connectivity index (χ0) is 18.1. The van der Waals surface area contributed by atoms with Gasteiger partial charge in [0.05, 0.1) is 12.6 Å². The van der Waals surface area contributed by atoms with Crippen molar-refractivity contribution in [2.24, 2.45) is 4.99 Å². The molecule has 0 radical (unpaired) electrons. The molecule has 2 aromatic heterocycles. The molecule has 5 nitrogen and oxygen atoms in total. The molecule has 1 unspecified atom stereocenters. The first-order chi connectivity index (χ1) is 12.2. The number of nitrogens with zero attached hydrogens (tertiary/aromatic N) is 3. The molecule has 2 N–H and O–H groups in total. The molecule has 0 aliphatic heterocycles. The van der Waals surface area contributed by atoms with Crippen LogP contribution < -0.4 is 10.6 Å². The number of guanidine groups is 1. The maximum atomic E-state index is 4.69. The van der Waals surface area contributed by atoms with E-state index < -0.39 is 0 Å². The predicted octanol–water partition coefficient (Wildman–Crippen LogP) is 4.27. The standard InChI is InChI=1S/C18H29N5S2.HI/c1-5-19-18(22-12-17-20-10-14(4)25-17)21-11-16(23(6-2)7-3)15-8-9-24-13-15;/h8-10,13,16H,5-7,11-12H2,1-4H3,(H2,19,21,22);1H. The van der Waals surface area contributed by atoms with Gasteiger partial charge in [0.15, 0.2) is 5.96 Å². The molecule has 146 valence electrons. The van der Waals surface area contributed by atoms with Crippen LogP contribution in [0.5, 0.6) is 0 Å². The van der Waals surface area contributed by atoms with E-state index in [1.807, 2.05) is 6.20 Å². The van der Waals surface area contributed by atoms with Crippen LogP contribution in [0.1, 0.15) is 42.3 Å². The number of thiazole rings is 1. The summed E-state index contributed by atoms with van der Waals surface area (Å²) in [7, 11) is 0. The molecule has 26 heavy (non-hydrogen) atoms. The summed E-state index contributed by atoms with van der Waals surface area (Å²) in [6, 6.07) is 2.57. The largest absolute Gasteiger partial charge is 0.357 e. The minimum absolute atomic E-state index is 0. The molecule has 0 aliphatic rings. The van der Waals surface area contributed by atoms with Gasteiger partial charge in [0.25, 0.3) is 0 Å². The number of halogens is 1. The second-order valence-corrected chi connectivity index (χ2v) is 7.83. The Morgan fingerprint density at radius 2 is 2.04 bits per heavy atom. The third kappa shape index (κ3) is 7.13. The van der Waals surface area contributed by atoms with Crippen molar-refractivity contribution in [2.75, 3.05) is 26.2 Å². The summed E-state index contributed by atoms with van der Waals surface area (Å²) in [4.78, 5) is 12.8. The van der Waals surface area contributed by atoms with E-state index in [1.165, 1.54) is 10.4 Å². The highest BCUT2D eigenvalue weighted by Crippen LogP contribution is 2.22. The summed E-state index contributed by atoms with van der Waals surface area (Å²) in [5.74, 6) is 0.850. The number of thiophene rings is 1. The zero-order valence-electron chi connectivity index (χ0n) is 16.0. The fraction of sp³-hybridized carbons (Fsp3) is 0.556. The lowest BCUT2D eigenvalue weighted by atomic mass is 10.1. The number of rotatable bonds is 9. The number of aliphatic imine (C=N–C) groups is 1. The van der Waals surface area contributed by atoms with Gasteiger partial charge in [-0.1, -0.05) is 13.8 Å². The Morgan fingerprint density at radius 3 is 2.58 bits per heavy atom. The van der Waals surface area contributed by atoms with E-state index in [9.17, 15) is 0 Å². The lowest BCUT2D eigenvalue weighted by molar-refractivity contribution is 0.219. The Hall–Kier alpha value is -0.710. The van der Waals surface area contributed by atoms with Crippen molar-refractivity contribution in [1.82, 2.24) is 20.5 Å². The summed E-state index contributed by atoms with van der Waals surface area (Å²) in [5, 5.41) is 12.3. The van der Waals surface area contributed by atoms with Gasteiger partial charge in [-0.3, -0.25) is 4.90 Å². The molecule has 8 heteroatoms. The minimum Gasteiger partial charge on any atom is -0.357 e. The van der Waals surface area contributed by atoms with Crippen LogP contribution in [0, 0.1) is 6.92 Å². The first kappa shape index (κ1) is 23.3. The van der Waals surface area contributed by atoms with Gasteiger partial charge >= 0.3 is 0 Å². The third-order valence-electron chi connectivity index (χ3n) is 4.03. The SMILES string of the molecule is CCNC(=NCc1ncc(C)s1)NCC(c1ccsc1)N(CC)CC.I. The lowest BCUT2D eigenvalue weighted by Gasteiger charge is -2.30. The summed E-state index contributed by atoms with van der Waals surface area (Å²) in [6.45, 7) is 12.9. The van der Waals surface area contributed by atoms with E-state index >= 15 is 0 Å². The van der Waals surface area contributed by atoms with Crippen molar-refractivity contribution in [3.05, 3.63) is 38.5 Å². The van der Waals surface area contributed by atoms with Crippen LogP contribution in [-0.4, -0.2) is 42.0 Å². The van der Waals surface area contributed by atoms with Crippen LogP contribution in [-0.2, 0) is 6.54 Å². The Bertz CT molecular complexity index is 638. The highest BCUT2D eigenvalue weighted by atomic mass is 127. The molecular weight excluding hydrogens is 477 g/mol. The third-order valence-corrected chi connectivity index (χ3v) is 5.63. The second-order valence-electron chi connectivity index (χ2n) is 5.73. The number of hydrogen-bond acceptors (Lipinski definition) is 5. The Morgan fingerprint density at radius 1 is 1.27 bits per heavy atom. The van der Waals surface area contributed by atoms with E-state index in [0.29, 0.717) is 12.6 Å². The van der Waals surface area contributed by atoms with Crippen molar-refractivity contribution >= 4 is 52.6 Å². The van der Waals surface area contributed by atoms with Gasteiger partial charge in [0.1, 0.15) is 5.01 Å². The normalized spacial score (nSPS) is 12.7. The number of likely N-dealkylation sites (N-methyl/N-ethyl adjacent to an activating group) is 1. The average Bonchev–Trinajstić information content (AvgIpc) is 3.28. The molecule has 0 spiro atoms. The minimum atomic E-state index is 0. The van der Waals surface area contributed by atoms with Crippen LogP contribution in [0.25, 0.3) is 0 Å². The van der Waals surface area contributed by atoms with Crippen LogP contribution in [0.2, 0.25) is 0 Å². The number of hydrogen-bond donors (Lipinski definition) is 2. The van der Waals surface area contributed by atoms with E-state index in [4.69, 9.17) is 0 Å². The van der Waals surface area contributed by atoms with Crippen LogP contribution in [0.15, 0.2) is 28.0 Å². The summed E-state index contributed by atoms with van der Waals surface area (Å²) in [5.41, 5.74) is 1.37. The van der Waals surface area contributed by atoms with Crippen molar-refractivity contribution in [2.45, 2.75) is 40.3 Å². The molecule has 0 saturated heterocycles. The summed E-state index contributed by atoms with van der Waals surface area (Å²) in [6.07, 6.45) is 1.91. The molecule has 2 rings (SSSR count). The predicted molar refractivity (Wildman–Crippen MR) is 125 cm³/mol. The molecular formula is C18H30IN5S2. The van der Waals surface area contributed by atoms with Crippen LogP contribution in [0.4, 0.5) is 0 Å². The molecule has 0 aromatic carbocycles. The Kier molecular flexibility index (Phi) is 11.3. The van der Waals surface area contributed by atoms with Crippen molar-refractivity contribution in [3.8, 4) is 0 Å². The van der Waals surface area contributed by atoms with Crippen LogP contribution >= 0.6 is 46.7 Å². The van der Waals surface area contributed by atoms with Gasteiger partial charge in [0.2, 0.25) is 0 Å². The molecule has 2 heterocycles. The zero-order valence-corrected chi connectivity index (χ0v) is 20.0. The molecule has 0 fully saturated rings.